The number of hydrogen-bond acceptors (Lipinski definition) is 4. The topological polar surface area (TPSA) is 86.8 Å². The second-order valence-corrected chi connectivity index (χ2v) is 13.3. The first kappa shape index (κ1) is 30.9. The first-order valence-electron chi connectivity index (χ1n) is 13.6. The molecule has 3 aromatic carbocycles. The highest BCUT2D eigenvalue weighted by atomic mass is 35.5. The van der Waals surface area contributed by atoms with Gasteiger partial charge in [0.05, 0.1) is 17.0 Å². The van der Waals surface area contributed by atoms with Crippen molar-refractivity contribution in [2.75, 3.05) is 17.1 Å². The second-order valence-electron chi connectivity index (χ2n) is 10.6. The molecule has 1 saturated carbocycles. The lowest BCUT2D eigenvalue weighted by molar-refractivity contribution is -0.140. The predicted molar refractivity (Wildman–Crippen MR) is 165 cm³/mol. The Morgan fingerprint density at radius 1 is 0.951 bits per heavy atom. The number of hydrogen-bond donors (Lipinski definition) is 1. The van der Waals surface area contributed by atoms with Crippen LogP contribution in [0.4, 0.5) is 5.69 Å². The van der Waals surface area contributed by atoms with Gasteiger partial charge in [0.1, 0.15) is 12.6 Å². The Morgan fingerprint density at radius 2 is 1.63 bits per heavy atom. The van der Waals surface area contributed by atoms with Crippen LogP contribution in [0.25, 0.3) is 0 Å². The number of halogens is 2. The minimum Gasteiger partial charge on any atom is -0.352 e. The van der Waals surface area contributed by atoms with Crippen LogP contribution in [-0.2, 0) is 32.6 Å². The Balaban J connectivity index is 1.74. The molecule has 0 radical (unpaired) electrons. The van der Waals surface area contributed by atoms with E-state index in [4.69, 9.17) is 23.2 Å². The highest BCUT2D eigenvalue weighted by Gasteiger charge is 2.34. The molecule has 7 nitrogen and oxygen atoms in total. The fourth-order valence-corrected chi connectivity index (χ4v) is 6.49. The number of benzene rings is 3. The number of rotatable bonds is 11. The highest BCUT2D eigenvalue weighted by Crippen LogP contribution is 2.31. The molecule has 1 aliphatic carbocycles. The van der Waals surface area contributed by atoms with Crippen molar-refractivity contribution in [3.63, 3.8) is 0 Å². The first-order chi connectivity index (χ1) is 19.5. The summed E-state index contributed by atoms with van der Waals surface area (Å²) in [6.45, 7) is 1.53. The lowest BCUT2D eigenvalue weighted by Gasteiger charge is -2.34. The molecule has 0 heterocycles. The number of nitrogens with one attached hydrogen (secondary N) is 1. The zero-order valence-electron chi connectivity index (χ0n) is 23.2. The average molecular weight is 617 g/mol. The third kappa shape index (κ3) is 8.47. The van der Waals surface area contributed by atoms with Gasteiger partial charge >= 0.3 is 0 Å². The van der Waals surface area contributed by atoms with Crippen LogP contribution in [0.5, 0.6) is 0 Å². The summed E-state index contributed by atoms with van der Waals surface area (Å²) in [5, 5.41) is 3.57. The third-order valence-corrected chi connectivity index (χ3v) is 8.95. The van der Waals surface area contributed by atoms with Crippen LogP contribution in [0.3, 0.4) is 0 Å². The SMILES string of the molecule is Cc1cccc(CN(C(=O)CN(c2cc(Cl)ccc2Cl)S(C)(=O)=O)C(Cc2ccccc2)C(=O)NC2CCCC2)c1. The van der Waals surface area contributed by atoms with Gasteiger partial charge in [0.2, 0.25) is 21.8 Å². The number of sulfonamides is 1. The van der Waals surface area contributed by atoms with E-state index in [1.54, 1.807) is 6.07 Å². The summed E-state index contributed by atoms with van der Waals surface area (Å²) in [6.07, 6.45) is 5.16. The minimum atomic E-state index is -3.95. The first-order valence-corrected chi connectivity index (χ1v) is 16.2. The van der Waals surface area contributed by atoms with Crippen molar-refractivity contribution < 1.29 is 18.0 Å². The van der Waals surface area contributed by atoms with Gasteiger partial charge in [-0.2, -0.15) is 0 Å². The Hall–Kier alpha value is -3.07. The lowest BCUT2D eigenvalue weighted by Crippen LogP contribution is -2.54. The van der Waals surface area contributed by atoms with Gasteiger partial charge in [-0.25, -0.2) is 8.42 Å². The molecule has 1 fully saturated rings. The van der Waals surface area contributed by atoms with Crippen LogP contribution in [0.2, 0.25) is 10.0 Å². The van der Waals surface area contributed by atoms with Crippen molar-refractivity contribution in [1.29, 1.82) is 0 Å². The van der Waals surface area contributed by atoms with E-state index in [1.807, 2.05) is 61.5 Å². The minimum absolute atomic E-state index is 0.0504. The molecular formula is C31H35Cl2N3O4S. The maximum Gasteiger partial charge on any atom is 0.244 e. The molecule has 0 aromatic heterocycles. The zero-order chi connectivity index (χ0) is 29.6. The summed E-state index contributed by atoms with van der Waals surface area (Å²) in [5.74, 6) is -0.788. The van der Waals surface area contributed by atoms with Crippen LogP contribution in [0.15, 0.2) is 72.8 Å². The molecule has 0 spiro atoms. The van der Waals surface area contributed by atoms with Gasteiger partial charge in [-0.05, 0) is 49.1 Å². The molecular weight excluding hydrogens is 581 g/mol. The van der Waals surface area contributed by atoms with Gasteiger partial charge in [-0.3, -0.25) is 13.9 Å². The number of carbonyl (C=O) groups excluding carboxylic acids is 2. The number of anilines is 1. The van der Waals surface area contributed by atoms with Gasteiger partial charge in [0.25, 0.3) is 0 Å². The van der Waals surface area contributed by atoms with E-state index in [9.17, 15) is 18.0 Å². The van der Waals surface area contributed by atoms with E-state index >= 15 is 0 Å². The maximum atomic E-state index is 14.2. The van der Waals surface area contributed by atoms with Crippen molar-refractivity contribution in [3.8, 4) is 0 Å². The molecule has 4 rings (SSSR count). The largest absolute Gasteiger partial charge is 0.352 e. The van der Waals surface area contributed by atoms with Crippen molar-refractivity contribution in [3.05, 3.63) is 99.5 Å². The molecule has 0 bridgehead atoms. The van der Waals surface area contributed by atoms with Crippen LogP contribution >= 0.6 is 23.2 Å². The van der Waals surface area contributed by atoms with Gasteiger partial charge < -0.3 is 10.2 Å². The van der Waals surface area contributed by atoms with Crippen LogP contribution < -0.4 is 9.62 Å². The smallest absolute Gasteiger partial charge is 0.244 e. The van der Waals surface area contributed by atoms with Crippen molar-refractivity contribution in [2.24, 2.45) is 0 Å². The van der Waals surface area contributed by atoms with E-state index in [2.05, 4.69) is 5.32 Å². The van der Waals surface area contributed by atoms with Crippen molar-refractivity contribution in [1.82, 2.24) is 10.2 Å². The third-order valence-electron chi connectivity index (χ3n) is 7.26. The van der Waals surface area contributed by atoms with Gasteiger partial charge in [-0.15, -0.1) is 0 Å². The lowest BCUT2D eigenvalue weighted by atomic mass is 10.0. The molecule has 1 unspecified atom stereocenters. The van der Waals surface area contributed by atoms with Gasteiger partial charge in [-0.1, -0.05) is 96.2 Å². The Labute approximate surface area is 252 Å². The molecule has 1 aliphatic rings. The molecule has 41 heavy (non-hydrogen) atoms. The average Bonchev–Trinajstić information content (AvgIpc) is 3.43. The highest BCUT2D eigenvalue weighted by molar-refractivity contribution is 7.92. The van der Waals surface area contributed by atoms with Gasteiger partial charge in [0, 0.05) is 24.0 Å². The Morgan fingerprint density at radius 3 is 2.29 bits per heavy atom. The predicted octanol–water partition coefficient (Wildman–Crippen LogP) is 5.77. The van der Waals surface area contributed by atoms with Crippen LogP contribution in [0, 0.1) is 6.92 Å². The summed E-state index contributed by atoms with van der Waals surface area (Å²) in [5.41, 5.74) is 2.82. The zero-order valence-corrected chi connectivity index (χ0v) is 25.6. The fourth-order valence-electron chi connectivity index (χ4n) is 5.20. The molecule has 0 aliphatic heterocycles. The number of aryl methyl sites for hydroxylation is 1. The maximum absolute atomic E-state index is 14.2. The number of nitrogens with zero attached hydrogens (tertiary/aromatic N) is 2. The number of amides is 2. The summed E-state index contributed by atoms with van der Waals surface area (Å²) in [4.78, 5) is 29.6. The van der Waals surface area contributed by atoms with Crippen molar-refractivity contribution >= 4 is 50.7 Å². The Bertz CT molecular complexity index is 1480. The van der Waals surface area contributed by atoms with E-state index in [0.717, 1.165) is 52.9 Å². The Kier molecular flexibility index (Phi) is 10.3. The van der Waals surface area contributed by atoms with Crippen molar-refractivity contribution in [2.45, 2.75) is 57.7 Å². The normalized spacial score (nSPS) is 14.4. The number of carbonyl (C=O) groups is 2. The molecule has 218 valence electrons. The van der Waals surface area contributed by atoms with E-state index in [0.29, 0.717) is 0 Å². The van der Waals surface area contributed by atoms with Crippen LogP contribution in [0.1, 0.15) is 42.4 Å². The summed E-state index contributed by atoms with van der Waals surface area (Å²) in [7, 11) is -3.95. The molecule has 1 N–H and O–H groups in total. The molecule has 3 aromatic rings. The standard InChI is InChI=1S/C31H35Cl2N3O4S/c1-22-9-8-12-24(17-22)20-35(30(37)21-36(41(2,39)40)28-19-25(32)15-16-27(28)33)29(18-23-10-4-3-5-11-23)31(38)34-26-13-6-7-14-26/h3-5,8-12,15-17,19,26,29H,6-7,13-14,18,20-21H2,1-2H3,(H,34,38). The van der Waals surface area contributed by atoms with E-state index in [-0.39, 0.29) is 40.6 Å². The fraction of sp³-hybridized carbons (Fsp3) is 0.355. The molecule has 0 saturated heterocycles. The molecule has 2 amide bonds. The monoisotopic (exact) mass is 615 g/mol. The summed E-state index contributed by atoms with van der Waals surface area (Å²) < 4.78 is 26.9. The summed E-state index contributed by atoms with van der Waals surface area (Å²) >= 11 is 12.5. The molecule has 1 atom stereocenters. The second kappa shape index (κ2) is 13.7. The van der Waals surface area contributed by atoms with E-state index in [1.165, 1.54) is 17.0 Å². The molecule has 10 heteroatoms. The van der Waals surface area contributed by atoms with E-state index < -0.39 is 28.5 Å². The van der Waals surface area contributed by atoms with Gasteiger partial charge in [0.15, 0.2) is 0 Å². The van der Waals surface area contributed by atoms with Crippen LogP contribution in [-0.4, -0.2) is 50.0 Å². The quantitative estimate of drug-likeness (QED) is 0.297. The summed E-state index contributed by atoms with van der Waals surface area (Å²) in [6, 6.07) is 20.8.